The van der Waals surface area contributed by atoms with Gasteiger partial charge in [0.2, 0.25) is 5.91 Å². The standard InChI is InChI=1S/C27H30F2N4O4S2/c1-5-12-33-24(16(4)37-20-11-10-17(28)13-19(20)29)31-32-27(33)38-14-22(34)30-25-23(26(35)36-15(2)3)18-8-6-7-9-21(18)39-25/h5,10-11,13,15-16H,1,6-9,12,14H2,2-4H3,(H,30,34). The highest BCUT2D eigenvalue weighted by atomic mass is 32.2. The predicted octanol–water partition coefficient (Wildman–Crippen LogP) is 6.12. The van der Waals surface area contributed by atoms with Gasteiger partial charge in [-0.2, -0.15) is 0 Å². The van der Waals surface area contributed by atoms with Crippen molar-refractivity contribution in [3.8, 4) is 5.75 Å². The Morgan fingerprint density at radius 3 is 2.72 bits per heavy atom. The number of aromatic nitrogens is 3. The second kappa shape index (κ2) is 12.7. The van der Waals surface area contributed by atoms with Crippen LogP contribution in [-0.2, 0) is 28.9 Å². The number of halogens is 2. The molecule has 0 fully saturated rings. The number of fused-ring (bicyclic) bond motifs is 1. The summed E-state index contributed by atoms with van der Waals surface area (Å²) in [5.41, 5.74) is 1.43. The molecule has 4 rings (SSSR count). The highest BCUT2D eigenvalue weighted by Gasteiger charge is 2.28. The number of amides is 1. The average molecular weight is 577 g/mol. The van der Waals surface area contributed by atoms with E-state index in [-0.39, 0.29) is 23.5 Å². The molecule has 0 aliphatic heterocycles. The summed E-state index contributed by atoms with van der Waals surface area (Å²) in [5.74, 6) is -1.96. The first-order chi connectivity index (χ1) is 18.7. The van der Waals surface area contributed by atoms with Gasteiger partial charge in [-0.25, -0.2) is 13.6 Å². The molecule has 2 aromatic heterocycles. The van der Waals surface area contributed by atoms with Crippen molar-refractivity contribution >= 4 is 40.0 Å². The van der Waals surface area contributed by atoms with Crippen LogP contribution in [0.5, 0.6) is 5.75 Å². The SMILES string of the molecule is C=CCn1c(SCC(=O)Nc2sc3c(c2C(=O)OC(C)C)CCCC3)nnc1C(C)Oc1ccc(F)cc1F. The zero-order valence-electron chi connectivity index (χ0n) is 22.0. The topological polar surface area (TPSA) is 95.3 Å². The molecule has 0 spiro atoms. The number of benzene rings is 1. The third-order valence-corrected chi connectivity index (χ3v) is 8.10. The van der Waals surface area contributed by atoms with Crippen LogP contribution in [0.3, 0.4) is 0 Å². The number of carbonyl (C=O) groups is 2. The Hall–Kier alpha value is -3.25. The van der Waals surface area contributed by atoms with E-state index in [4.69, 9.17) is 9.47 Å². The first kappa shape index (κ1) is 28.8. The number of rotatable bonds is 11. The van der Waals surface area contributed by atoms with Crippen LogP contribution in [0.1, 0.15) is 66.3 Å². The Kier molecular flexibility index (Phi) is 9.39. The Labute approximate surface area is 233 Å². The number of esters is 1. The lowest BCUT2D eigenvalue weighted by Gasteiger charge is -2.16. The largest absolute Gasteiger partial charge is 0.480 e. The average Bonchev–Trinajstić information content (AvgIpc) is 3.45. The van der Waals surface area contributed by atoms with E-state index in [1.165, 1.54) is 17.4 Å². The first-order valence-electron chi connectivity index (χ1n) is 12.6. The summed E-state index contributed by atoms with van der Waals surface area (Å²) in [5, 5.41) is 12.2. The Morgan fingerprint density at radius 1 is 1.23 bits per heavy atom. The van der Waals surface area contributed by atoms with Crippen LogP contribution in [0.2, 0.25) is 0 Å². The van der Waals surface area contributed by atoms with E-state index in [0.29, 0.717) is 28.1 Å². The molecule has 2 heterocycles. The number of thioether (sulfide) groups is 1. The number of nitrogens with one attached hydrogen (secondary N) is 1. The minimum atomic E-state index is -0.824. The highest BCUT2D eigenvalue weighted by molar-refractivity contribution is 7.99. The van der Waals surface area contributed by atoms with Gasteiger partial charge >= 0.3 is 5.97 Å². The number of thiophene rings is 1. The molecule has 39 heavy (non-hydrogen) atoms. The molecule has 0 saturated carbocycles. The molecular weight excluding hydrogens is 546 g/mol. The van der Waals surface area contributed by atoms with E-state index in [9.17, 15) is 18.4 Å². The van der Waals surface area contributed by atoms with Gasteiger partial charge in [0, 0.05) is 17.5 Å². The molecule has 3 aromatic rings. The van der Waals surface area contributed by atoms with Crippen LogP contribution in [0, 0.1) is 11.6 Å². The van der Waals surface area contributed by atoms with Crippen LogP contribution in [-0.4, -0.2) is 38.5 Å². The molecule has 1 aromatic carbocycles. The monoisotopic (exact) mass is 576 g/mol. The summed E-state index contributed by atoms with van der Waals surface area (Å²) in [6.45, 7) is 9.35. The first-order valence-corrected chi connectivity index (χ1v) is 14.4. The van der Waals surface area contributed by atoms with Crippen molar-refractivity contribution in [3.63, 3.8) is 0 Å². The summed E-state index contributed by atoms with van der Waals surface area (Å²) in [6, 6.07) is 3.06. The molecule has 1 atom stereocenters. The number of ether oxygens (including phenoxy) is 2. The fraction of sp³-hybridized carbons (Fsp3) is 0.407. The third-order valence-electron chi connectivity index (χ3n) is 5.92. The number of nitrogens with zero attached hydrogens (tertiary/aromatic N) is 3. The third kappa shape index (κ3) is 6.85. The summed E-state index contributed by atoms with van der Waals surface area (Å²) in [4.78, 5) is 26.9. The van der Waals surface area contributed by atoms with Gasteiger partial charge in [-0.1, -0.05) is 17.8 Å². The van der Waals surface area contributed by atoms with Crippen LogP contribution in [0.25, 0.3) is 0 Å². The summed E-state index contributed by atoms with van der Waals surface area (Å²) < 4.78 is 40.2. The number of anilines is 1. The molecule has 8 nitrogen and oxygen atoms in total. The van der Waals surface area contributed by atoms with Gasteiger partial charge in [0.15, 0.2) is 28.7 Å². The number of allylic oxidation sites excluding steroid dienone is 1. The van der Waals surface area contributed by atoms with Gasteiger partial charge in [-0.15, -0.1) is 28.1 Å². The second-order valence-corrected chi connectivity index (χ2v) is 11.3. The lowest BCUT2D eigenvalue weighted by Crippen LogP contribution is -2.19. The van der Waals surface area contributed by atoms with Crippen LogP contribution in [0.15, 0.2) is 36.0 Å². The quantitative estimate of drug-likeness (QED) is 0.167. The van der Waals surface area contributed by atoms with Gasteiger partial charge in [-0.05, 0) is 64.2 Å². The van der Waals surface area contributed by atoms with Crippen molar-refractivity contribution in [2.45, 2.75) is 70.4 Å². The molecular formula is C27H30F2N4O4S2. The highest BCUT2D eigenvalue weighted by Crippen LogP contribution is 2.39. The summed E-state index contributed by atoms with van der Waals surface area (Å²) in [7, 11) is 0. The van der Waals surface area contributed by atoms with Crippen LogP contribution < -0.4 is 10.1 Å². The van der Waals surface area contributed by atoms with Crippen LogP contribution in [0.4, 0.5) is 13.8 Å². The maximum Gasteiger partial charge on any atom is 0.341 e. The number of hydrogen-bond donors (Lipinski definition) is 1. The number of aryl methyl sites for hydroxylation is 1. The van der Waals surface area contributed by atoms with Crippen molar-refractivity contribution in [3.05, 3.63) is 64.3 Å². The Bertz CT molecular complexity index is 1370. The van der Waals surface area contributed by atoms with Gasteiger partial charge in [0.05, 0.1) is 17.4 Å². The molecule has 1 aliphatic rings. The van der Waals surface area contributed by atoms with E-state index in [2.05, 4.69) is 22.1 Å². The van der Waals surface area contributed by atoms with E-state index in [0.717, 1.165) is 60.0 Å². The van der Waals surface area contributed by atoms with Gasteiger partial charge in [-0.3, -0.25) is 9.36 Å². The van der Waals surface area contributed by atoms with E-state index < -0.39 is 23.7 Å². The minimum absolute atomic E-state index is 0.0122. The van der Waals surface area contributed by atoms with Crippen molar-refractivity contribution in [1.82, 2.24) is 14.8 Å². The second-order valence-electron chi connectivity index (χ2n) is 9.28. The normalized spacial score (nSPS) is 13.6. The van der Waals surface area contributed by atoms with Gasteiger partial charge in [0.25, 0.3) is 0 Å². The molecule has 1 aliphatic carbocycles. The van der Waals surface area contributed by atoms with Gasteiger partial charge in [0.1, 0.15) is 10.8 Å². The predicted molar refractivity (Wildman–Crippen MR) is 146 cm³/mol. The number of carbonyl (C=O) groups excluding carboxylic acids is 2. The molecule has 0 saturated heterocycles. The molecule has 12 heteroatoms. The van der Waals surface area contributed by atoms with E-state index in [1.807, 2.05) is 0 Å². The summed E-state index contributed by atoms with van der Waals surface area (Å²) in [6.07, 6.45) is 4.36. The van der Waals surface area contributed by atoms with Crippen molar-refractivity contribution in [1.29, 1.82) is 0 Å². The fourth-order valence-corrected chi connectivity index (χ4v) is 6.31. The molecule has 1 unspecified atom stereocenters. The van der Waals surface area contributed by atoms with E-state index >= 15 is 0 Å². The lowest BCUT2D eigenvalue weighted by atomic mass is 9.95. The zero-order chi connectivity index (χ0) is 28.1. The van der Waals surface area contributed by atoms with Gasteiger partial charge < -0.3 is 14.8 Å². The maximum absolute atomic E-state index is 14.1. The summed E-state index contributed by atoms with van der Waals surface area (Å²) >= 11 is 2.59. The molecule has 1 N–H and O–H groups in total. The van der Waals surface area contributed by atoms with Crippen molar-refractivity contribution in [2.24, 2.45) is 0 Å². The zero-order valence-corrected chi connectivity index (χ0v) is 23.6. The molecule has 1 amide bonds. The lowest BCUT2D eigenvalue weighted by molar-refractivity contribution is -0.113. The molecule has 208 valence electrons. The van der Waals surface area contributed by atoms with Crippen molar-refractivity contribution < 1.29 is 27.8 Å². The van der Waals surface area contributed by atoms with E-state index in [1.54, 1.807) is 31.4 Å². The molecule has 0 radical (unpaired) electrons. The Morgan fingerprint density at radius 2 is 2.00 bits per heavy atom. The fourth-order valence-electron chi connectivity index (χ4n) is 4.26. The molecule has 0 bridgehead atoms. The van der Waals surface area contributed by atoms with Crippen molar-refractivity contribution in [2.75, 3.05) is 11.1 Å². The van der Waals surface area contributed by atoms with Crippen LogP contribution >= 0.6 is 23.1 Å². The maximum atomic E-state index is 14.1. The Balaban J connectivity index is 1.47. The number of hydrogen-bond acceptors (Lipinski definition) is 8. The smallest absolute Gasteiger partial charge is 0.341 e. The minimum Gasteiger partial charge on any atom is -0.480 e.